The molecule has 1 fully saturated rings. The number of aliphatic hydroxyl groups excluding tert-OH is 2. The highest BCUT2D eigenvalue weighted by Gasteiger charge is 2.34. The number of phenolic OH excluding ortho intramolecular Hbond substituents is 1. The van der Waals surface area contributed by atoms with Crippen LogP contribution in [0.25, 0.3) is 0 Å². The zero-order chi connectivity index (χ0) is 17.5. The molecule has 0 bridgehead atoms. The number of aromatic hydroxyl groups is 1. The van der Waals surface area contributed by atoms with Crippen molar-refractivity contribution in [2.24, 2.45) is 11.8 Å². The Bertz CT molecular complexity index is 520. The highest BCUT2D eigenvalue weighted by Crippen LogP contribution is 2.25. The van der Waals surface area contributed by atoms with Crippen LogP contribution in [0.1, 0.15) is 12.0 Å². The maximum Gasteiger partial charge on any atom is 0.222 e. The molecule has 1 aliphatic rings. The summed E-state index contributed by atoms with van der Waals surface area (Å²) in [6.45, 7) is 2.83. The molecule has 1 aromatic rings. The van der Waals surface area contributed by atoms with Crippen LogP contribution < -0.4 is 0 Å². The van der Waals surface area contributed by atoms with Gasteiger partial charge in [0.2, 0.25) is 5.91 Å². The average molecular weight is 336 g/mol. The molecule has 0 saturated carbocycles. The zero-order valence-electron chi connectivity index (χ0n) is 14.3. The lowest BCUT2D eigenvalue weighted by atomic mass is 9.96. The molecule has 3 N–H and O–H groups in total. The fourth-order valence-corrected chi connectivity index (χ4v) is 3.29. The largest absolute Gasteiger partial charge is 0.508 e. The summed E-state index contributed by atoms with van der Waals surface area (Å²) in [6, 6.07) is 6.92. The van der Waals surface area contributed by atoms with E-state index >= 15 is 0 Å². The summed E-state index contributed by atoms with van der Waals surface area (Å²) in [5, 5.41) is 27.9. The van der Waals surface area contributed by atoms with Gasteiger partial charge in [0.05, 0.1) is 6.61 Å². The third-order valence-corrected chi connectivity index (χ3v) is 4.76. The van der Waals surface area contributed by atoms with Gasteiger partial charge in [-0.3, -0.25) is 4.79 Å². The van der Waals surface area contributed by atoms with Crippen LogP contribution in [0.3, 0.4) is 0 Å². The van der Waals surface area contributed by atoms with Crippen LogP contribution in [0.2, 0.25) is 0 Å². The summed E-state index contributed by atoms with van der Waals surface area (Å²) in [5.74, 6) is 0.673. The van der Waals surface area contributed by atoms with Gasteiger partial charge >= 0.3 is 0 Å². The van der Waals surface area contributed by atoms with Crippen molar-refractivity contribution < 1.29 is 20.1 Å². The molecular weight excluding hydrogens is 308 g/mol. The topological polar surface area (TPSA) is 84.2 Å². The second-order valence-electron chi connectivity index (χ2n) is 6.65. The molecule has 1 amide bonds. The van der Waals surface area contributed by atoms with Crippen LogP contribution in [0.15, 0.2) is 24.3 Å². The first-order valence-electron chi connectivity index (χ1n) is 8.49. The number of likely N-dealkylation sites (tertiary alicyclic amines) is 1. The number of phenols is 1. The summed E-state index contributed by atoms with van der Waals surface area (Å²) in [5.41, 5.74) is 1.03. The number of rotatable bonds is 8. The van der Waals surface area contributed by atoms with E-state index < -0.39 is 0 Å². The molecule has 0 radical (unpaired) electrons. The fraction of sp³-hybridized carbons (Fsp3) is 0.611. The van der Waals surface area contributed by atoms with Gasteiger partial charge in [-0.1, -0.05) is 12.1 Å². The second-order valence-corrected chi connectivity index (χ2v) is 6.65. The van der Waals surface area contributed by atoms with Gasteiger partial charge in [0.1, 0.15) is 5.75 Å². The van der Waals surface area contributed by atoms with Crippen LogP contribution in [-0.4, -0.2) is 77.5 Å². The molecule has 0 spiro atoms. The Morgan fingerprint density at radius 3 is 2.50 bits per heavy atom. The normalized spacial score (nSPS) is 20.8. The number of hydrogen-bond acceptors (Lipinski definition) is 5. The number of nitrogens with zero attached hydrogens (tertiary/aromatic N) is 2. The van der Waals surface area contributed by atoms with Crippen LogP contribution >= 0.6 is 0 Å². The van der Waals surface area contributed by atoms with Gasteiger partial charge in [0, 0.05) is 45.1 Å². The maximum absolute atomic E-state index is 12.4. The number of hydrogen-bond donors (Lipinski definition) is 3. The molecule has 2 unspecified atom stereocenters. The molecular formula is C18H28N2O4. The molecule has 1 heterocycles. The lowest BCUT2D eigenvalue weighted by Crippen LogP contribution is -2.33. The predicted octanol–water partition coefficient (Wildman–Crippen LogP) is 0.316. The van der Waals surface area contributed by atoms with Gasteiger partial charge in [-0.15, -0.1) is 0 Å². The van der Waals surface area contributed by atoms with Crippen molar-refractivity contribution in [2.45, 2.75) is 12.8 Å². The first kappa shape index (κ1) is 18.7. The van der Waals surface area contributed by atoms with E-state index in [-0.39, 0.29) is 36.7 Å². The molecule has 0 aliphatic carbocycles. The van der Waals surface area contributed by atoms with Crippen molar-refractivity contribution in [3.05, 3.63) is 29.8 Å². The average Bonchev–Trinajstić information content (AvgIpc) is 2.97. The number of carbonyl (C=O) groups excluding carboxylic acids is 1. The number of amides is 1. The number of aliphatic hydroxyl groups is 2. The molecule has 1 saturated heterocycles. The summed E-state index contributed by atoms with van der Waals surface area (Å²) < 4.78 is 0. The van der Waals surface area contributed by atoms with E-state index in [9.17, 15) is 15.0 Å². The van der Waals surface area contributed by atoms with Crippen LogP contribution in [0.4, 0.5) is 0 Å². The molecule has 2 rings (SSSR count). The molecule has 1 aliphatic heterocycles. The number of aryl methyl sites for hydroxylation is 1. The highest BCUT2D eigenvalue weighted by atomic mass is 16.3. The Morgan fingerprint density at radius 1 is 1.21 bits per heavy atom. The van der Waals surface area contributed by atoms with E-state index in [1.165, 1.54) is 0 Å². The molecule has 0 aromatic heterocycles. The van der Waals surface area contributed by atoms with Gasteiger partial charge in [-0.05, 0) is 37.1 Å². The van der Waals surface area contributed by atoms with Crippen molar-refractivity contribution in [2.75, 3.05) is 46.4 Å². The highest BCUT2D eigenvalue weighted by molar-refractivity contribution is 5.76. The van der Waals surface area contributed by atoms with Crippen molar-refractivity contribution in [1.82, 2.24) is 9.80 Å². The second kappa shape index (κ2) is 9.01. The minimum Gasteiger partial charge on any atom is -0.508 e. The lowest BCUT2D eigenvalue weighted by Gasteiger charge is -2.23. The Hall–Kier alpha value is -1.63. The van der Waals surface area contributed by atoms with Crippen LogP contribution in [-0.2, 0) is 11.2 Å². The molecule has 1 aromatic carbocycles. The quantitative estimate of drug-likeness (QED) is 0.637. The van der Waals surface area contributed by atoms with E-state index in [1.54, 1.807) is 12.1 Å². The van der Waals surface area contributed by atoms with Crippen molar-refractivity contribution in [3.8, 4) is 5.75 Å². The van der Waals surface area contributed by atoms with E-state index in [0.29, 0.717) is 32.5 Å². The molecule has 2 atom stereocenters. The van der Waals surface area contributed by atoms with Crippen LogP contribution in [0.5, 0.6) is 5.75 Å². The summed E-state index contributed by atoms with van der Waals surface area (Å²) in [6.07, 6.45) is 1.08. The maximum atomic E-state index is 12.4. The minimum absolute atomic E-state index is 0.0827. The monoisotopic (exact) mass is 336 g/mol. The van der Waals surface area contributed by atoms with Gasteiger partial charge in [-0.2, -0.15) is 0 Å². The smallest absolute Gasteiger partial charge is 0.222 e. The number of benzene rings is 1. The lowest BCUT2D eigenvalue weighted by molar-refractivity contribution is -0.130. The van der Waals surface area contributed by atoms with E-state index in [4.69, 9.17) is 5.11 Å². The van der Waals surface area contributed by atoms with E-state index in [2.05, 4.69) is 0 Å². The van der Waals surface area contributed by atoms with Gasteiger partial charge in [-0.25, -0.2) is 0 Å². The molecule has 24 heavy (non-hydrogen) atoms. The third kappa shape index (κ3) is 5.19. The van der Waals surface area contributed by atoms with Gasteiger partial charge in [0.15, 0.2) is 0 Å². The number of likely N-dealkylation sites (N-methyl/N-ethyl adjacent to an activating group) is 1. The Balaban J connectivity index is 1.84. The molecule has 134 valence electrons. The Labute approximate surface area is 143 Å². The van der Waals surface area contributed by atoms with Crippen molar-refractivity contribution in [3.63, 3.8) is 0 Å². The standard InChI is InChI=1S/C18H28N2O4/c1-19(8-9-21)10-15-11-20(12-16(15)13-22)18(24)7-4-14-2-5-17(23)6-3-14/h2-3,5-6,15-16,21-23H,4,7-13H2,1H3. The Kier molecular flexibility index (Phi) is 7.02. The van der Waals surface area contributed by atoms with Crippen molar-refractivity contribution in [1.29, 1.82) is 0 Å². The minimum atomic E-state index is 0.0827. The first-order chi connectivity index (χ1) is 11.5. The first-order valence-corrected chi connectivity index (χ1v) is 8.49. The zero-order valence-corrected chi connectivity index (χ0v) is 14.3. The van der Waals surface area contributed by atoms with Crippen LogP contribution in [0, 0.1) is 11.8 Å². The summed E-state index contributed by atoms with van der Waals surface area (Å²) >= 11 is 0. The molecule has 6 nitrogen and oxygen atoms in total. The summed E-state index contributed by atoms with van der Waals surface area (Å²) in [4.78, 5) is 16.3. The predicted molar refractivity (Wildman–Crippen MR) is 91.7 cm³/mol. The van der Waals surface area contributed by atoms with E-state index in [1.807, 2.05) is 29.0 Å². The Morgan fingerprint density at radius 2 is 1.88 bits per heavy atom. The summed E-state index contributed by atoms with van der Waals surface area (Å²) in [7, 11) is 1.94. The number of carbonyl (C=O) groups is 1. The van der Waals surface area contributed by atoms with Crippen molar-refractivity contribution >= 4 is 5.91 Å². The van der Waals surface area contributed by atoms with E-state index in [0.717, 1.165) is 12.1 Å². The fourth-order valence-electron chi connectivity index (χ4n) is 3.29. The molecule has 6 heteroatoms. The van der Waals surface area contributed by atoms with Gasteiger partial charge in [0.25, 0.3) is 0 Å². The third-order valence-electron chi connectivity index (χ3n) is 4.76. The van der Waals surface area contributed by atoms with Gasteiger partial charge < -0.3 is 25.1 Å². The SMILES string of the molecule is CN(CCO)CC1CN(C(=O)CCc2ccc(O)cc2)CC1CO.